The SMILES string of the molecule is N#CC(Cl)CN1CCC(c2ccccc2)C1. The van der Waals surface area contributed by atoms with Crippen molar-refractivity contribution in [1.82, 2.24) is 4.90 Å². The number of alkyl halides is 1. The quantitative estimate of drug-likeness (QED) is 0.752. The van der Waals surface area contributed by atoms with Gasteiger partial charge >= 0.3 is 0 Å². The molecular formula is C13H15ClN2. The van der Waals surface area contributed by atoms with Crippen LogP contribution in [0, 0.1) is 11.3 Å². The molecule has 1 heterocycles. The van der Waals surface area contributed by atoms with Crippen LogP contribution < -0.4 is 0 Å². The molecule has 0 aromatic heterocycles. The molecule has 0 amide bonds. The van der Waals surface area contributed by atoms with Crippen LogP contribution in [0.1, 0.15) is 17.9 Å². The first kappa shape index (κ1) is 11.4. The van der Waals surface area contributed by atoms with E-state index in [4.69, 9.17) is 16.9 Å². The normalized spacial score (nSPS) is 22.9. The second-order valence-electron chi connectivity index (χ2n) is 4.25. The third-order valence-electron chi connectivity index (χ3n) is 3.10. The van der Waals surface area contributed by atoms with Crippen molar-refractivity contribution < 1.29 is 0 Å². The molecule has 1 saturated heterocycles. The molecule has 3 heteroatoms. The average Bonchev–Trinajstić information content (AvgIpc) is 2.78. The van der Waals surface area contributed by atoms with Crippen molar-refractivity contribution in [2.75, 3.05) is 19.6 Å². The standard InChI is InChI=1S/C13H15ClN2/c14-13(8-15)10-16-7-6-12(9-16)11-4-2-1-3-5-11/h1-5,12-13H,6-7,9-10H2. The number of hydrogen-bond donors (Lipinski definition) is 0. The maximum Gasteiger partial charge on any atom is 0.133 e. The van der Waals surface area contributed by atoms with Gasteiger partial charge in [0.05, 0.1) is 6.07 Å². The Balaban J connectivity index is 1.92. The molecule has 0 spiro atoms. The van der Waals surface area contributed by atoms with Crippen LogP contribution in [0.5, 0.6) is 0 Å². The van der Waals surface area contributed by atoms with E-state index in [-0.39, 0.29) is 5.38 Å². The Morgan fingerprint density at radius 3 is 2.88 bits per heavy atom. The van der Waals surface area contributed by atoms with E-state index in [1.54, 1.807) is 0 Å². The zero-order valence-corrected chi connectivity index (χ0v) is 9.90. The summed E-state index contributed by atoms with van der Waals surface area (Å²) in [5.41, 5.74) is 1.40. The van der Waals surface area contributed by atoms with Crippen LogP contribution in [-0.4, -0.2) is 29.9 Å². The van der Waals surface area contributed by atoms with Gasteiger partial charge in [0, 0.05) is 13.1 Å². The summed E-state index contributed by atoms with van der Waals surface area (Å²) >= 11 is 5.84. The number of nitrogens with zero attached hydrogens (tertiary/aromatic N) is 2. The van der Waals surface area contributed by atoms with Gasteiger partial charge in [-0.2, -0.15) is 5.26 Å². The third kappa shape index (κ3) is 2.75. The van der Waals surface area contributed by atoms with E-state index in [0.717, 1.165) is 13.1 Å². The first-order chi connectivity index (χ1) is 7.79. The molecule has 0 saturated carbocycles. The van der Waals surface area contributed by atoms with Gasteiger partial charge in [-0.1, -0.05) is 30.3 Å². The Bertz CT molecular complexity index is 371. The van der Waals surface area contributed by atoms with Gasteiger partial charge in [0.1, 0.15) is 5.38 Å². The Kier molecular flexibility index (Phi) is 3.82. The fourth-order valence-corrected chi connectivity index (χ4v) is 2.46. The summed E-state index contributed by atoms with van der Waals surface area (Å²) in [5.74, 6) is 0.601. The van der Waals surface area contributed by atoms with Crippen molar-refractivity contribution in [2.45, 2.75) is 17.7 Å². The molecule has 16 heavy (non-hydrogen) atoms. The molecule has 0 radical (unpaired) electrons. The van der Waals surface area contributed by atoms with Crippen LogP contribution in [0.15, 0.2) is 30.3 Å². The molecule has 0 bridgehead atoms. The molecule has 0 N–H and O–H groups in total. The minimum atomic E-state index is -0.380. The number of nitriles is 1. The molecule has 0 aliphatic carbocycles. The monoisotopic (exact) mass is 234 g/mol. The van der Waals surface area contributed by atoms with E-state index in [1.807, 2.05) is 6.07 Å². The molecular weight excluding hydrogens is 220 g/mol. The lowest BCUT2D eigenvalue weighted by Crippen LogP contribution is -2.27. The summed E-state index contributed by atoms with van der Waals surface area (Å²) in [7, 11) is 0. The molecule has 2 nitrogen and oxygen atoms in total. The summed E-state index contributed by atoms with van der Waals surface area (Å²) in [6, 6.07) is 12.6. The second kappa shape index (κ2) is 5.34. The number of benzene rings is 1. The summed E-state index contributed by atoms with van der Waals surface area (Å²) in [6.07, 6.45) is 1.17. The molecule has 2 rings (SSSR count). The van der Waals surface area contributed by atoms with E-state index in [2.05, 4.69) is 35.2 Å². The average molecular weight is 235 g/mol. The topological polar surface area (TPSA) is 27.0 Å². The highest BCUT2D eigenvalue weighted by atomic mass is 35.5. The highest BCUT2D eigenvalue weighted by Gasteiger charge is 2.24. The smallest absolute Gasteiger partial charge is 0.133 e. The predicted molar refractivity (Wildman–Crippen MR) is 65.5 cm³/mol. The Hall–Kier alpha value is -1.04. The van der Waals surface area contributed by atoms with Crippen molar-refractivity contribution in [3.8, 4) is 6.07 Å². The molecule has 1 fully saturated rings. The van der Waals surface area contributed by atoms with Crippen LogP contribution in [0.3, 0.4) is 0 Å². The van der Waals surface area contributed by atoms with E-state index in [1.165, 1.54) is 12.0 Å². The molecule has 2 unspecified atom stereocenters. The summed E-state index contributed by atoms with van der Waals surface area (Å²) in [4.78, 5) is 2.28. The van der Waals surface area contributed by atoms with E-state index < -0.39 is 0 Å². The predicted octanol–water partition coefficient (Wildman–Crippen LogP) is 2.61. The molecule has 84 valence electrons. The van der Waals surface area contributed by atoms with Crippen molar-refractivity contribution in [3.05, 3.63) is 35.9 Å². The number of likely N-dealkylation sites (tertiary alicyclic amines) is 1. The zero-order chi connectivity index (χ0) is 11.4. The first-order valence-electron chi connectivity index (χ1n) is 5.60. The van der Waals surface area contributed by atoms with Crippen molar-refractivity contribution in [2.24, 2.45) is 0 Å². The molecule has 1 aromatic carbocycles. The van der Waals surface area contributed by atoms with E-state index >= 15 is 0 Å². The van der Waals surface area contributed by atoms with Crippen LogP contribution in [0.2, 0.25) is 0 Å². The van der Waals surface area contributed by atoms with E-state index in [9.17, 15) is 0 Å². The Morgan fingerprint density at radius 2 is 2.19 bits per heavy atom. The number of halogens is 1. The maximum absolute atomic E-state index is 8.67. The lowest BCUT2D eigenvalue weighted by molar-refractivity contribution is 0.345. The molecule has 2 atom stereocenters. The van der Waals surface area contributed by atoms with Gasteiger partial charge in [0.25, 0.3) is 0 Å². The highest BCUT2D eigenvalue weighted by Crippen LogP contribution is 2.27. The Morgan fingerprint density at radius 1 is 1.44 bits per heavy atom. The van der Waals surface area contributed by atoms with Crippen molar-refractivity contribution in [3.63, 3.8) is 0 Å². The minimum absolute atomic E-state index is 0.380. The number of rotatable bonds is 3. The van der Waals surface area contributed by atoms with Crippen LogP contribution in [0.4, 0.5) is 0 Å². The van der Waals surface area contributed by atoms with Crippen LogP contribution >= 0.6 is 11.6 Å². The van der Waals surface area contributed by atoms with E-state index in [0.29, 0.717) is 12.5 Å². The van der Waals surface area contributed by atoms with Gasteiger partial charge in [-0.15, -0.1) is 11.6 Å². The Labute approximate surface area is 101 Å². The minimum Gasteiger partial charge on any atom is -0.300 e. The first-order valence-corrected chi connectivity index (χ1v) is 6.04. The zero-order valence-electron chi connectivity index (χ0n) is 9.14. The maximum atomic E-state index is 8.67. The van der Waals surface area contributed by atoms with Gasteiger partial charge in [0.2, 0.25) is 0 Å². The molecule has 1 aromatic rings. The van der Waals surface area contributed by atoms with Gasteiger partial charge < -0.3 is 4.90 Å². The fourth-order valence-electron chi connectivity index (χ4n) is 2.26. The third-order valence-corrected chi connectivity index (χ3v) is 3.34. The van der Waals surface area contributed by atoms with Gasteiger partial charge in [-0.25, -0.2) is 0 Å². The lowest BCUT2D eigenvalue weighted by Gasteiger charge is -2.16. The van der Waals surface area contributed by atoms with Gasteiger partial charge in [0.15, 0.2) is 0 Å². The van der Waals surface area contributed by atoms with Crippen molar-refractivity contribution in [1.29, 1.82) is 5.26 Å². The van der Waals surface area contributed by atoms with Gasteiger partial charge in [-0.05, 0) is 24.4 Å². The largest absolute Gasteiger partial charge is 0.300 e. The molecule has 1 aliphatic heterocycles. The highest BCUT2D eigenvalue weighted by molar-refractivity contribution is 6.22. The number of hydrogen-bond acceptors (Lipinski definition) is 2. The fraction of sp³-hybridized carbons (Fsp3) is 0.462. The summed E-state index contributed by atoms with van der Waals surface area (Å²) < 4.78 is 0. The van der Waals surface area contributed by atoms with Crippen LogP contribution in [0.25, 0.3) is 0 Å². The van der Waals surface area contributed by atoms with Crippen LogP contribution in [-0.2, 0) is 0 Å². The summed E-state index contributed by atoms with van der Waals surface area (Å²) in [6.45, 7) is 2.75. The van der Waals surface area contributed by atoms with Gasteiger partial charge in [-0.3, -0.25) is 0 Å². The second-order valence-corrected chi connectivity index (χ2v) is 4.78. The lowest BCUT2D eigenvalue weighted by atomic mass is 9.99. The summed E-state index contributed by atoms with van der Waals surface area (Å²) in [5, 5.41) is 8.29. The van der Waals surface area contributed by atoms with Crippen molar-refractivity contribution >= 4 is 11.6 Å². The molecule has 1 aliphatic rings.